The molecular weight excluding hydrogens is 264 g/mol. The molecule has 1 unspecified atom stereocenters. The van der Waals surface area contributed by atoms with Gasteiger partial charge in [0.25, 0.3) is 0 Å². The number of aliphatic hydroxyl groups excluding tert-OH is 1. The quantitative estimate of drug-likeness (QED) is 0.914. The van der Waals surface area contributed by atoms with Crippen LogP contribution in [-0.2, 0) is 12.8 Å². The van der Waals surface area contributed by atoms with E-state index in [1.54, 1.807) is 18.3 Å². The van der Waals surface area contributed by atoms with Crippen molar-refractivity contribution in [1.29, 1.82) is 0 Å². The maximum Gasteiger partial charge on any atom is 0.212 e. The summed E-state index contributed by atoms with van der Waals surface area (Å²) >= 11 is 0. The van der Waals surface area contributed by atoms with Gasteiger partial charge >= 0.3 is 0 Å². The molecule has 0 saturated carbocycles. The molecule has 1 heterocycles. The summed E-state index contributed by atoms with van der Waals surface area (Å²) in [6.07, 6.45) is 1.15. The van der Waals surface area contributed by atoms with Gasteiger partial charge in [0.05, 0.1) is 13.2 Å². The van der Waals surface area contributed by atoms with Gasteiger partial charge < -0.3 is 9.84 Å². The van der Waals surface area contributed by atoms with Crippen molar-refractivity contribution < 1.29 is 18.6 Å². The van der Waals surface area contributed by atoms with Crippen LogP contribution in [0.3, 0.4) is 0 Å². The number of benzene rings is 1. The van der Waals surface area contributed by atoms with Crippen molar-refractivity contribution in [3.63, 3.8) is 0 Å². The fraction of sp³-hybridized carbons (Fsp3) is 0.267. The van der Waals surface area contributed by atoms with Crippen molar-refractivity contribution in [1.82, 2.24) is 4.98 Å². The summed E-state index contributed by atoms with van der Waals surface area (Å²) in [5.74, 6) is -1.32. The van der Waals surface area contributed by atoms with E-state index in [0.29, 0.717) is 12.3 Å². The summed E-state index contributed by atoms with van der Waals surface area (Å²) in [5.41, 5.74) is 0.967. The summed E-state index contributed by atoms with van der Waals surface area (Å²) in [6.45, 7) is 0. The molecule has 0 amide bonds. The molecule has 1 aromatic carbocycles. The van der Waals surface area contributed by atoms with Crippen LogP contribution in [0.5, 0.6) is 5.88 Å². The summed E-state index contributed by atoms with van der Waals surface area (Å²) < 4.78 is 31.5. The third-order valence-corrected chi connectivity index (χ3v) is 2.97. The lowest BCUT2D eigenvalue weighted by molar-refractivity contribution is 0.173. The molecule has 5 heteroatoms. The molecule has 0 aliphatic heterocycles. The highest BCUT2D eigenvalue weighted by atomic mass is 19.2. The average molecular weight is 279 g/mol. The first-order valence-electron chi connectivity index (χ1n) is 6.20. The van der Waals surface area contributed by atoms with Gasteiger partial charge in [0.2, 0.25) is 5.88 Å². The van der Waals surface area contributed by atoms with E-state index >= 15 is 0 Å². The number of nitrogens with zero attached hydrogens (tertiary/aromatic N) is 1. The zero-order valence-corrected chi connectivity index (χ0v) is 11.0. The summed E-state index contributed by atoms with van der Waals surface area (Å²) in [4.78, 5) is 4.02. The molecule has 2 rings (SSSR count). The van der Waals surface area contributed by atoms with E-state index in [1.807, 2.05) is 0 Å². The molecular formula is C15H15F2NO2. The van der Waals surface area contributed by atoms with E-state index < -0.39 is 17.7 Å². The van der Waals surface area contributed by atoms with E-state index in [9.17, 15) is 13.9 Å². The molecule has 0 bridgehead atoms. The molecule has 1 atom stereocenters. The predicted octanol–water partition coefficient (Wildman–Crippen LogP) is 2.51. The van der Waals surface area contributed by atoms with Crippen molar-refractivity contribution in [2.75, 3.05) is 7.11 Å². The third-order valence-electron chi connectivity index (χ3n) is 2.97. The largest absolute Gasteiger partial charge is 0.481 e. The third kappa shape index (κ3) is 3.51. The van der Waals surface area contributed by atoms with E-state index in [4.69, 9.17) is 4.74 Å². The topological polar surface area (TPSA) is 42.4 Å². The Labute approximate surface area is 115 Å². The van der Waals surface area contributed by atoms with Gasteiger partial charge in [-0.25, -0.2) is 13.8 Å². The fourth-order valence-electron chi connectivity index (χ4n) is 1.96. The van der Waals surface area contributed by atoms with Gasteiger partial charge in [-0.2, -0.15) is 0 Å². The van der Waals surface area contributed by atoms with Crippen LogP contribution in [0.25, 0.3) is 0 Å². The van der Waals surface area contributed by atoms with Crippen LogP contribution in [0.4, 0.5) is 8.78 Å². The normalized spacial score (nSPS) is 12.2. The van der Waals surface area contributed by atoms with Gasteiger partial charge in [-0.3, -0.25) is 0 Å². The van der Waals surface area contributed by atoms with E-state index in [0.717, 1.165) is 11.6 Å². The average Bonchev–Trinajstić information content (AvgIpc) is 2.45. The molecule has 1 aromatic heterocycles. The standard InChI is InChI=1S/C15H15F2NO2/c1-20-14-6-5-10(9-18-14)7-12(19)8-11-3-2-4-13(16)15(11)17/h2-6,9,12,19H,7-8H2,1H3. The number of hydrogen-bond donors (Lipinski definition) is 1. The molecule has 106 valence electrons. The van der Waals surface area contributed by atoms with Crippen LogP contribution in [-0.4, -0.2) is 23.3 Å². The summed E-state index contributed by atoms with van der Waals surface area (Å²) in [5, 5.41) is 9.95. The molecule has 3 nitrogen and oxygen atoms in total. The lowest BCUT2D eigenvalue weighted by Gasteiger charge is -2.11. The maximum absolute atomic E-state index is 13.5. The maximum atomic E-state index is 13.5. The molecule has 0 spiro atoms. The van der Waals surface area contributed by atoms with Crippen LogP contribution in [0.1, 0.15) is 11.1 Å². The number of halogens is 2. The summed E-state index contributed by atoms with van der Waals surface area (Å²) in [6, 6.07) is 7.41. The number of aliphatic hydroxyl groups is 1. The van der Waals surface area contributed by atoms with Crippen molar-refractivity contribution in [3.05, 3.63) is 59.3 Å². The molecule has 0 saturated heterocycles. The Morgan fingerprint density at radius 1 is 1.20 bits per heavy atom. The van der Waals surface area contributed by atoms with Gasteiger partial charge in [-0.05, 0) is 17.2 Å². The second-order valence-corrected chi connectivity index (χ2v) is 4.48. The van der Waals surface area contributed by atoms with Crippen LogP contribution >= 0.6 is 0 Å². The van der Waals surface area contributed by atoms with Crippen molar-refractivity contribution in [2.24, 2.45) is 0 Å². The minimum atomic E-state index is -0.903. The second kappa shape index (κ2) is 6.43. The van der Waals surface area contributed by atoms with E-state index in [2.05, 4.69) is 4.98 Å². The van der Waals surface area contributed by atoms with Gasteiger partial charge in [0, 0.05) is 25.1 Å². The van der Waals surface area contributed by atoms with Crippen LogP contribution in [0.15, 0.2) is 36.5 Å². The lowest BCUT2D eigenvalue weighted by Crippen LogP contribution is -2.15. The Kier molecular flexibility index (Phi) is 4.63. The van der Waals surface area contributed by atoms with Crippen molar-refractivity contribution in [3.8, 4) is 5.88 Å². The number of pyridine rings is 1. The molecule has 2 aromatic rings. The SMILES string of the molecule is COc1ccc(CC(O)Cc2cccc(F)c2F)cn1. The minimum absolute atomic E-state index is 0.0512. The first kappa shape index (κ1) is 14.4. The summed E-state index contributed by atoms with van der Waals surface area (Å²) in [7, 11) is 1.52. The van der Waals surface area contributed by atoms with E-state index in [1.165, 1.54) is 19.2 Å². The smallest absolute Gasteiger partial charge is 0.212 e. The number of hydrogen-bond acceptors (Lipinski definition) is 3. The highest BCUT2D eigenvalue weighted by molar-refractivity contribution is 5.22. The molecule has 1 N–H and O–H groups in total. The van der Waals surface area contributed by atoms with Gasteiger partial charge in [-0.1, -0.05) is 18.2 Å². The highest BCUT2D eigenvalue weighted by Crippen LogP contribution is 2.15. The van der Waals surface area contributed by atoms with Gasteiger partial charge in [-0.15, -0.1) is 0 Å². The number of ether oxygens (including phenoxy) is 1. The first-order valence-corrected chi connectivity index (χ1v) is 6.20. The highest BCUT2D eigenvalue weighted by Gasteiger charge is 2.13. The van der Waals surface area contributed by atoms with Crippen molar-refractivity contribution in [2.45, 2.75) is 18.9 Å². The predicted molar refractivity (Wildman–Crippen MR) is 70.6 cm³/mol. The Morgan fingerprint density at radius 2 is 2.00 bits per heavy atom. The zero-order chi connectivity index (χ0) is 14.5. The van der Waals surface area contributed by atoms with Crippen LogP contribution in [0.2, 0.25) is 0 Å². The van der Waals surface area contributed by atoms with E-state index in [-0.39, 0.29) is 12.0 Å². The number of methoxy groups -OCH3 is 1. The molecule has 0 aliphatic rings. The van der Waals surface area contributed by atoms with Gasteiger partial charge in [0.1, 0.15) is 0 Å². The Bertz CT molecular complexity index is 573. The zero-order valence-electron chi connectivity index (χ0n) is 11.0. The van der Waals surface area contributed by atoms with Crippen LogP contribution in [0, 0.1) is 11.6 Å². The van der Waals surface area contributed by atoms with Gasteiger partial charge in [0.15, 0.2) is 11.6 Å². The molecule has 0 radical (unpaired) electrons. The van der Waals surface area contributed by atoms with Crippen LogP contribution < -0.4 is 4.74 Å². The number of rotatable bonds is 5. The minimum Gasteiger partial charge on any atom is -0.481 e. The Hall–Kier alpha value is -2.01. The second-order valence-electron chi connectivity index (χ2n) is 4.48. The number of aromatic nitrogens is 1. The Morgan fingerprint density at radius 3 is 2.65 bits per heavy atom. The van der Waals surface area contributed by atoms with Crippen molar-refractivity contribution >= 4 is 0 Å². The fourth-order valence-corrected chi connectivity index (χ4v) is 1.96. The Balaban J connectivity index is 2.01. The molecule has 20 heavy (non-hydrogen) atoms. The first-order chi connectivity index (χ1) is 9.60. The molecule has 0 fully saturated rings. The molecule has 0 aliphatic carbocycles. The lowest BCUT2D eigenvalue weighted by atomic mass is 10.0. The monoisotopic (exact) mass is 279 g/mol.